The average Bonchev–Trinajstić information content (AvgIpc) is 3.40. The lowest BCUT2D eigenvalue weighted by Crippen LogP contribution is -2.58. The molecule has 0 saturated carbocycles. The summed E-state index contributed by atoms with van der Waals surface area (Å²) in [5.41, 5.74) is 0. The van der Waals surface area contributed by atoms with Crippen LogP contribution in [0.2, 0.25) is 0 Å². The van der Waals surface area contributed by atoms with Gasteiger partial charge in [-0.05, 0) is 37.1 Å². The van der Waals surface area contributed by atoms with E-state index in [1.807, 2.05) is 4.90 Å². The molecule has 2 amide bonds. The molecule has 4 heterocycles. The molecule has 0 aromatic carbocycles. The topological polar surface area (TPSA) is 98.8 Å². The maximum atomic E-state index is 12.5. The molecule has 0 spiro atoms. The number of likely N-dealkylation sites (tertiary alicyclic amines) is 1. The lowest BCUT2D eigenvalue weighted by Gasteiger charge is -2.37. The van der Waals surface area contributed by atoms with Gasteiger partial charge in [0, 0.05) is 44.7 Å². The molecule has 0 bridgehead atoms. The van der Waals surface area contributed by atoms with Crippen molar-refractivity contribution in [2.45, 2.75) is 54.4 Å². The zero-order chi connectivity index (χ0) is 19.7. The number of hydrogen-bond acceptors (Lipinski definition) is 6. The second-order valence-corrected chi connectivity index (χ2v) is 10.6. The van der Waals surface area contributed by atoms with Crippen molar-refractivity contribution in [2.24, 2.45) is 0 Å². The Hall–Kier alpha value is -1.49. The van der Waals surface area contributed by atoms with Crippen LogP contribution in [0.1, 0.15) is 32.1 Å². The third kappa shape index (κ3) is 4.10. The Balaban J connectivity index is 1.38. The van der Waals surface area contributed by atoms with E-state index in [0.717, 1.165) is 25.9 Å². The largest absolute Gasteiger partial charge is 0.353 e. The third-order valence-corrected chi connectivity index (χ3v) is 8.77. The summed E-state index contributed by atoms with van der Waals surface area (Å²) in [6.07, 6.45) is 3.75. The first-order valence-electron chi connectivity index (χ1n) is 9.81. The molecule has 3 fully saturated rings. The monoisotopic (exact) mass is 426 g/mol. The highest BCUT2D eigenvalue weighted by atomic mass is 32.2. The van der Waals surface area contributed by atoms with E-state index < -0.39 is 10.0 Å². The molecule has 154 valence electrons. The van der Waals surface area contributed by atoms with Gasteiger partial charge in [0.15, 0.2) is 0 Å². The molecule has 4 rings (SSSR count). The van der Waals surface area contributed by atoms with Crippen LogP contribution in [0.25, 0.3) is 0 Å². The third-order valence-electron chi connectivity index (χ3n) is 5.85. The number of nitrogens with one attached hydrogen (secondary N) is 2. The number of carbonyl (C=O) groups is 2. The summed E-state index contributed by atoms with van der Waals surface area (Å²) in [5.74, 6) is 0.125. The number of sulfonamides is 1. The van der Waals surface area contributed by atoms with Gasteiger partial charge in [0.1, 0.15) is 4.21 Å². The van der Waals surface area contributed by atoms with Gasteiger partial charge in [-0.3, -0.25) is 14.5 Å². The van der Waals surface area contributed by atoms with Gasteiger partial charge >= 0.3 is 0 Å². The Morgan fingerprint density at radius 1 is 1.32 bits per heavy atom. The number of hydrogen-bond donors (Lipinski definition) is 2. The maximum Gasteiger partial charge on any atom is 0.250 e. The summed E-state index contributed by atoms with van der Waals surface area (Å²) in [7, 11) is -3.57. The van der Waals surface area contributed by atoms with Crippen LogP contribution in [0.3, 0.4) is 0 Å². The molecule has 0 radical (unpaired) electrons. The van der Waals surface area contributed by atoms with Gasteiger partial charge in [-0.15, -0.1) is 11.3 Å². The fraction of sp³-hybridized carbons (Fsp3) is 0.667. The summed E-state index contributed by atoms with van der Waals surface area (Å²) >= 11 is 1.18. The molecule has 3 aliphatic heterocycles. The number of carbonyl (C=O) groups excluding carboxylic acids is 2. The zero-order valence-corrected chi connectivity index (χ0v) is 17.3. The van der Waals surface area contributed by atoms with Crippen LogP contribution in [-0.4, -0.2) is 74.3 Å². The molecule has 3 atom stereocenters. The van der Waals surface area contributed by atoms with Gasteiger partial charge in [-0.1, -0.05) is 6.07 Å². The summed E-state index contributed by atoms with van der Waals surface area (Å²) in [4.78, 5) is 28.7. The number of fused-ring (bicyclic) bond motifs is 1. The molecule has 1 aromatic heterocycles. The molecule has 28 heavy (non-hydrogen) atoms. The van der Waals surface area contributed by atoms with E-state index in [-0.39, 0.29) is 34.1 Å². The van der Waals surface area contributed by atoms with Crippen molar-refractivity contribution in [3.8, 4) is 0 Å². The van der Waals surface area contributed by atoms with E-state index in [1.165, 1.54) is 11.3 Å². The van der Waals surface area contributed by atoms with Crippen molar-refractivity contribution < 1.29 is 18.0 Å². The Kier molecular flexibility index (Phi) is 5.73. The van der Waals surface area contributed by atoms with Crippen LogP contribution < -0.4 is 10.0 Å². The molecule has 1 aromatic rings. The fourth-order valence-corrected chi connectivity index (χ4v) is 6.69. The summed E-state index contributed by atoms with van der Waals surface area (Å²) < 4.78 is 28.1. The molecule has 10 heteroatoms. The van der Waals surface area contributed by atoms with Crippen LogP contribution in [0, 0.1) is 0 Å². The van der Waals surface area contributed by atoms with Crippen LogP contribution in [0.4, 0.5) is 0 Å². The van der Waals surface area contributed by atoms with Crippen molar-refractivity contribution in [1.82, 2.24) is 19.8 Å². The SMILES string of the molecule is O=C1NC[C@@H](CCC(=O)N2CCCC2)N2C[C@H](NS(=O)(=O)c3cccs3)C[C@@H]12. The minimum atomic E-state index is -3.57. The van der Waals surface area contributed by atoms with Gasteiger partial charge < -0.3 is 10.2 Å². The average molecular weight is 427 g/mol. The van der Waals surface area contributed by atoms with Crippen molar-refractivity contribution in [3.05, 3.63) is 17.5 Å². The van der Waals surface area contributed by atoms with E-state index in [0.29, 0.717) is 32.4 Å². The molecular weight excluding hydrogens is 400 g/mol. The van der Waals surface area contributed by atoms with Gasteiger partial charge in [0.2, 0.25) is 21.8 Å². The highest BCUT2D eigenvalue weighted by Crippen LogP contribution is 2.27. The first kappa shape index (κ1) is 19.8. The smallest absolute Gasteiger partial charge is 0.250 e. The van der Waals surface area contributed by atoms with E-state index in [9.17, 15) is 18.0 Å². The Bertz CT molecular complexity index is 821. The first-order valence-corrected chi connectivity index (χ1v) is 12.2. The summed E-state index contributed by atoms with van der Waals surface area (Å²) in [6.45, 7) is 2.69. The summed E-state index contributed by atoms with van der Waals surface area (Å²) in [5, 5.41) is 4.66. The standard InChI is InChI=1S/C18H26N4O4S2/c23-16(21-7-1-2-8-21)6-5-14-11-19-18(24)15-10-13(12-22(14)15)20-28(25,26)17-4-3-9-27-17/h3-4,9,13-15,20H,1-2,5-8,10-12H2,(H,19,24)/t13-,14-,15+/m1/s1. The quantitative estimate of drug-likeness (QED) is 0.685. The molecule has 3 aliphatic rings. The fourth-order valence-electron chi connectivity index (χ4n) is 4.44. The molecule has 0 aliphatic carbocycles. The lowest BCUT2D eigenvalue weighted by molar-refractivity contribution is -0.131. The van der Waals surface area contributed by atoms with E-state index >= 15 is 0 Å². The van der Waals surface area contributed by atoms with Crippen LogP contribution >= 0.6 is 11.3 Å². The molecule has 0 unspecified atom stereocenters. The Morgan fingerprint density at radius 3 is 2.82 bits per heavy atom. The maximum absolute atomic E-state index is 12.5. The van der Waals surface area contributed by atoms with E-state index in [1.54, 1.807) is 17.5 Å². The van der Waals surface area contributed by atoms with Crippen LogP contribution in [0.5, 0.6) is 0 Å². The van der Waals surface area contributed by atoms with Gasteiger partial charge in [-0.25, -0.2) is 13.1 Å². The number of amides is 2. The minimum absolute atomic E-state index is 0.0556. The predicted octanol–water partition coefficient (Wildman–Crippen LogP) is 0.370. The Labute approximate surface area is 169 Å². The van der Waals surface area contributed by atoms with Crippen molar-refractivity contribution in [1.29, 1.82) is 0 Å². The van der Waals surface area contributed by atoms with Crippen molar-refractivity contribution in [3.63, 3.8) is 0 Å². The van der Waals surface area contributed by atoms with Crippen LogP contribution in [-0.2, 0) is 19.6 Å². The molecule has 3 saturated heterocycles. The lowest BCUT2D eigenvalue weighted by atomic mass is 10.0. The molecule has 2 N–H and O–H groups in total. The van der Waals surface area contributed by atoms with Gasteiger partial charge in [0.25, 0.3) is 0 Å². The van der Waals surface area contributed by atoms with Gasteiger partial charge in [0.05, 0.1) is 6.04 Å². The number of piperazine rings is 1. The van der Waals surface area contributed by atoms with Crippen LogP contribution in [0.15, 0.2) is 21.7 Å². The highest BCUT2D eigenvalue weighted by molar-refractivity contribution is 7.91. The Morgan fingerprint density at radius 2 is 2.11 bits per heavy atom. The normalized spacial score (nSPS) is 28.4. The first-order chi connectivity index (χ1) is 13.4. The van der Waals surface area contributed by atoms with E-state index in [2.05, 4.69) is 14.9 Å². The van der Waals surface area contributed by atoms with E-state index in [4.69, 9.17) is 0 Å². The van der Waals surface area contributed by atoms with Crippen molar-refractivity contribution in [2.75, 3.05) is 26.2 Å². The molecule has 8 nitrogen and oxygen atoms in total. The minimum Gasteiger partial charge on any atom is -0.353 e. The van der Waals surface area contributed by atoms with Gasteiger partial charge in [-0.2, -0.15) is 0 Å². The van der Waals surface area contributed by atoms with Crippen molar-refractivity contribution >= 4 is 33.2 Å². The summed E-state index contributed by atoms with van der Waals surface area (Å²) in [6, 6.07) is 2.70. The number of thiophene rings is 1. The number of rotatable bonds is 6. The molecular formula is C18H26N4O4S2. The second kappa shape index (κ2) is 8.10. The second-order valence-electron chi connectivity index (χ2n) is 7.72. The zero-order valence-electron chi connectivity index (χ0n) is 15.7. The predicted molar refractivity (Wildman–Crippen MR) is 105 cm³/mol. The highest BCUT2D eigenvalue weighted by Gasteiger charge is 2.44. The number of nitrogens with zero attached hydrogens (tertiary/aromatic N) is 2.